The van der Waals surface area contributed by atoms with E-state index < -0.39 is 5.79 Å². The maximum atomic E-state index is 13.2. The Morgan fingerprint density at radius 2 is 1.51 bits per heavy atom. The van der Waals surface area contributed by atoms with Crippen LogP contribution in [-0.4, -0.2) is 38.5 Å². The Balaban J connectivity index is 1.35. The molecule has 2 aromatic heterocycles. The fraction of sp³-hybridized carbons (Fsp3) is 0.370. The number of aromatic nitrogens is 4. The zero-order valence-electron chi connectivity index (χ0n) is 19.6. The average molecular weight is 472 g/mol. The topological polar surface area (TPSA) is 85.3 Å². The number of hydrogen-bond acceptors (Lipinski definition) is 6. The third kappa shape index (κ3) is 4.35. The standard InChI is InChI=1S/C27H29N5O3/c33-26-30-23-24(31(17-20-7-3-1-4-8-20)18-21-9-5-2-6-10-21)28-19-29-25(23)32(26)22-11-13-27(14-12-22)34-15-16-35-27/h1-10,19,22H,11-18H2,(H,30,33). The first-order valence-electron chi connectivity index (χ1n) is 12.3. The normalized spacial score (nSPS) is 17.8. The molecule has 1 aliphatic carbocycles. The highest BCUT2D eigenvalue weighted by Gasteiger charge is 2.41. The molecule has 1 saturated heterocycles. The number of anilines is 1. The molecule has 180 valence electrons. The van der Waals surface area contributed by atoms with E-state index in [0.717, 1.165) is 31.5 Å². The Labute approximate surface area is 203 Å². The number of rotatable bonds is 6. The van der Waals surface area contributed by atoms with Gasteiger partial charge in [0.1, 0.15) is 11.8 Å². The number of ether oxygens (including phenoxy) is 2. The van der Waals surface area contributed by atoms with Gasteiger partial charge in [-0.1, -0.05) is 60.7 Å². The summed E-state index contributed by atoms with van der Waals surface area (Å²) in [6, 6.07) is 20.7. The zero-order valence-corrected chi connectivity index (χ0v) is 19.6. The number of nitrogens with zero attached hydrogens (tertiary/aromatic N) is 4. The molecule has 8 nitrogen and oxygen atoms in total. The van der Waals surface area contributed by atoms with Crippen molar-refractivity contribution in [3.05, 3.63) is 88.6 Å². The largest absolute Gasteiger partial charge is 0.348 e. The van der Waals surface area contributed by atoms with E-state index in [-0.39, 0.29) is 11.7 Å². The van der Waals surface area contributed by atoms with Gasteiger partial charge in [-0.25, -0.2) is 14.8 Å². The first-order valence-corrected chi connectivity index (χ1v) is 12.3. The molecule has 35 heavy (non-hydrogen) atoms. The van der Waals surface area contributed by atoms with Crippen molar-refractivity contribution in [2.24, 2.45) is 0 Å². The second kappa shape index (κ2) is 9.28. The van der Waals surface area contributed by atoms with Crippen molar-refractivity contribution in [2.75, 3.05) is 18.1 Å². The molecule has 1 aliphatic heterocycles. The van der Waals surface area contributed by atoms with Crippen molar-refractivity contribution in [3.63, 3.8) is 0 Å². The molecule has 6 rings (SSSR count). The van der Waals surface area contributed by atoms with E-state index in [1.165, 1.54) is 11.1 Å². The summed E-state index contributed by atoms with van der Waals surface area (Å²) in [7, 11) is 0. The summed E-state index contributed by atoms with van der Waals surface area (Å²) in [6.45, 7) is 2.62. The Kier molecular flexibility index (Phi) is 5.83. The minimum atomic E-state index is -0.464. The van der Waals surface area contributed by atoms with Gasteiger partial charge in [-0.05, 0) is 24.0 Å². The van der Waals surface area contributed by atoms with Gasteiger partial charge in [0.2, 0.25) is 0 Å². The van der Waals surface area contributed by atoms with Gasteiger partial charge < -0.3 is 19.4 Å². The van der Waals surface area contributed by atoms with Crippen molar-refractivity contribution < 1.29 is 9.47 Å². The summed E-state index contributed by atoms with van der Waals surface area (Å²) in [4.78, 5) is 27.7. The molecular formula is C27H29N5O3. The van der Waals surface area contributed by atoms with E-state index in [1.54, 1.807) is 6.33 Å². The third-order valence-electron chi connectivity index (χ3n) is 7.11. The molecule has 1 spiro atoms. The molecule has 2 fully saturated rings. The number of nitrogens with one attached hydrogen (secondary N) is 1. The fourth-order valence-corrected chi connectivity index (χ4v) is 5.40. The SMILES string of the molecule is O=c1[nH]c2c(N(Cc3ccccc3)Cc3ccccc3)ncnc2n1C1CCC2(CC1)OCCO2. The van der Waals surface area contributed by atoms with Crippen molar-refractivity contribution in [1.29, 1.82) is 0 Å². The summed E-state index contributed by atoms with van der Waals surface area (Å²) in [5.41, 5.74) is 3.53. The first-order chi connectivity index (χ1) is 17.2. The van der Waals surface area contributed by atoms with Crippen molar-refractivity contribution in [1.82, 2.24) is 19.5 Å². The van der Waals surface area contributed by atoms with Crippen LogP contribution in [0.25, 0.3) is 11.2 Å². The number of fused-ring (bicyclic) bond motifs is 1. The molecule has 1 saturated carbocycles. The lowest BCUT2D eigenvalue weighted by molar-refractivity contribution is -0.181. The molecule has 8 heteroatoms. The maximum absolute atomic E-state index is 13.2. The van der Waals surface area contributed by atoms with Gasteiger partial charge in [-0.3, -0.25) is 4.57 Å². The quantitative estimate of drug-likeness (QED) is 0.454. The summed E-state index contributed by atoms with van der Waals surface area (Å²) in [5.74, 6) is 0.266. The van der Waals surface area contributed by atoms with Gasteiger partial charge in [-0.15, -0.1) is 0 Å². The monoisotopic (exact) mass is 471 g/mol. The number of imidazole rings is 1. The van der Waals surface area contributed by atoms with Gasteiger partial charge >= 0.3 is 5.69 Å². The summed E-state index contributed by atoms with van der Waals surface area (Å²) >= 11 is 0. The number of H-pyrrole nitrogens is 1. The van der Waals surface area contributed by atoms with Crippen molar-refractivity contribution >= 4 is 17.0 Å². The smallest absolute Gasteiger partial charge is 0.328 e. The molecule has 0 unspecified atom stereocenters. The van der Waals surface area contributed by atoms with Crippen LogP contribution in [0.2, 0.25) is 0 Å². The highest BCUT2D eigenvalue weighted by atomic mass is 16.7. The third-order valence-corrected chi connectivity index (χ3v) is 7.11. The molecule has 1 N–H and O–H groups in total. The van der Waals surface area contributed by atoms with Crippen LogP contribution in [-0.2, 0) is 22.6 Å². The van der Waals surface area contributed by atoms with Gasteiger partial charge in [-0.2, -0.15) is 0 Å². The molecule has 4 aromatic rings. The van der Waals surface area contributed by atoms with E-state index >= 15 is 0 Å². The Bertz CT molecular complexity index is 1290. The second-order valence-electron chi connectivity index (χ2n) is 9.36. The van der Waals surface area contributed by atoms with Crippen molar-refractivity contribution in [2.45, 2.75) is 50.6 Å². The summed E-state index contributed by atoms with van der Waals surface area (Å²) < 4.78 is 13.6. The van der Waals surface area contributed by atoms with E-state index in [0.29, 0.717) is 37.5 Å². The molecule has 0 atom stereocenters. The van der Waals surface area contributed by atoms with Crippen LogP contribution in [0.3, 0.4) is 0 Å². The van der Waals surface area contributed by atoms with E-state index in [9.17, 15) is 4.79 Å². The molecule has 0 bridgehead atoms. The molecule has 2 aliphatic rings. The van der Waals surface area contributed by atoms with Crippen molar-refractivity contribution in [3.8, 4) is 0 Å². The highest BCUT2D eigenvalue weighted by Crippen LogP contribution is 2.40. The second-order valence-corrected chi connectivity index (χ2v) is 9.36. The van der Waals surface area contributed by atoms with Crippen LogP contribution >= 0.6 is 0 Å². The van der Waals surface area contributed by atoms with Crippen LogP contribution in [0.15, 0.2) is 71.8 Å². The number of aromatic amines is 1. The van der Waals surface area contributed by atoms with Gasteiger partial charge in [0.25, 0.3) is 0 Å². The summed E-state index contributed by atoms with van der Waals surface area (Å²) in [5, 5.41) is 0. The predicted molar refractivity (Wildman–Crippen MR) is 133 cm³/mol. The maximum Gasteiger partial charge on any atom is 0.328 e. The Hall–Kier alpha value is -3.49. The lowest BCUT2D eigenvalue weighted by Crippen LogP contribution is -2.37. The minimum absolute atomic E-state index is 0.0501. The van der Waals surface area contributed by atoms with Crippen LogP contribution < -0.4 is 10.6 Å². The van der Waals surface area contributed by atoms with E-state index in [4.69, 9.17) is 9.47 Å². The first kappa shape index (κ1) is 22.0. The fourth-order valence-electron chi connectivity index (χ4n) is 5.40. The minimum Gasteiger partial charge on any atom is -0.348 e. The predicted octanol–water partition coefficient (Wildman–Crippen LogP) is 4.18. The van der Waals surface area contributed by atoms with Crippen LogP contribution in [0, 0.1) is 0 Å². The van der Waals surface area contributed by atoms with Crippen LogP contribution in [0.4, 0.5) is 5.82 Å². The van der Waals surface area contributed by atoms with Gasteiger partial charge in [0.15, 0.2) is 17.3 Å². The zero-order chi connectivity index (χ0) is 23.7. The van der Waals surface area contributed by atoms with E-state index in [1.807, 2.05) is 41.0 Å². The molecule has 3 heterocycles. The van der Waals surface area contributed by atoms with Gasteiger partial charge in [0.05, 0.1) is 13.2 Å². The van der Waals surface area contributed by atoms with Crippen LogP contribution in [0.5, 0.6) is 0 Å². The lowest BCUT2D eigenvalue weighted by Gasteiger charge is -2.35. The van der Waals surface area contributed by atoms with Gasteiger partial charge in [0, 0.05) is 32.0 Å². The van der Waals surface area contributed by atoms with Crippen LogP contribution in [0.1, 0.15) is 42.9 Å². The lowest BCUT2D eigenvalue weighted by atomic mass is 9.90. The number of benzene rings is 2. The highest BCUT2D eigenvalue weighted by molar-refractivity contribution is 5.83. The van der Waals surface area contributed by atoms with E-state index in [2.05, 4.69) is 44.1 Å². The average Bonchev–Trinajstić information content (AvgIpc) is 3.49. The Morgan fingerprint density at radius 3 is 2.11 bits per heavy atom. The summed E-state index contributed by atoms with van der Waals surface area (Å²) in [6.07, 6.45) is 4.75. The number of hydrogen-bond donors (Lipinski definition) is 1. The molecular weight excluding hydrogens is 442 g/mol. The molecule has 0 radical (unpaired) electrons. The molecule has 0 amide bonds. The Morgan fingerprint density at radius 1 is 0.914 bits per heavy atom. The molecule has 2 aromatic carbocycles.